The summed E-state index contributed by atoms with van der Waals surface area (Å²) in [5.74, 6) is -0.110. The molecule has 0 amide bonds. The van der Waals surface area contributed by atoms with Gasteiger partial charge in [-0.1, -0.05) is 102 Å². The predicted octanol–water partition coefficient (Wildman–Crippen LogP) is 7.62. The molecule has 3 nitrogen and oxygen atoms in total. The van der Waals surface area contributed by atoms with Crippen molar-refractivity contribution in [2.75, 3.05) is 0 Å². The van der Waals surface area contributed by atoms with Crippen LogP contribution in [0.1, 0.15) is 97.4 Å². The van der Waals surface area contributed by atoms with Gasteiger partial charge in [-0.05, 0) is 46.4 Å². The van der Waals surface area contributed by atoms with Crippen LogP contribution in [0, 0.1) is 0 Å². The Morgan fingerprint density at radius 3 is 1.57 bits per heavy atom. The van der Waals surface area contributed by atoms with Crippen LogP contribution in [0.5, 0.6) is 5.75 Å². The number of phenolic OH excluding ortho intramolecular Hbond substituents is 1. The van der Waals surface area contributed by atoms with E-state index in [0.29, 0.717) is 41.5 Å². The topological polar surface area (TPSA) is 54.4 Å². The van der Waals surface area contributed by atoms with Gasteiger partial charge in [-0.2, -0.15) is 0 Å². The molecule has 3 aromatic carbocycles. The first kappa shape index (κ1) is 26.4. The molecule has 3 aromatic rings. The minimum Gasteiger partial charge on any atom is -0.507 e. The summed E-state index contributed by atoms with van der Waals surface area (Å²) in [6.45, 7) is 12.0. The van der Waals surface area contributed by atoms with Crippen LogP contribution in [0.3, 0.4) is 0 Å². The zero-order chi connectivity index (χ0) is 25.8. The second-order valence-electron chi connectivity index (χ2n) is 11.4. The normalized spacial score (nSPS) is 11.9. The maximum atomic E-state index is 13.7. The Bertz CT molecular complexity index is 1180. The van der Waals surface area contributed by atoms with Crippen molar-refractivity contribution in [1.29, 1.82) is 0 Å². The van der Waals surface area contributed by atoms with Crippen molar-refractivity contribution < 1.29 is 14.7 Å². The van der Waals surface area contributed by atoms with Gasteiger partial charge in [0.15, 0.2) is 11.6 Å². The summed E-state index contributed by atoms with van der Waals surface area (Å²) >= 11 is 0. The van der Waals surface area contributed by atoms with E-state index in [-0.39, 0.29) is 23.7 Å². The number of phenols is 1. The molecule has 0 bridgehead atoms. The Kier molecular flexibility index (Phi) is 8.00. The van der Waals surface area contributed by atoms with Crippen LogP contribution >= 0.6 is 0 Å². The molecule has 0 aliphatic carbocycles. The van der Waals surface area contributed by atoms with E-state index in [1.54, 1.807) is 0 Å². The van der Waals surface area contributed by atoms with Crippen molar-refractivity contribution in [2.24, 2.45) is 0 Å². The first-order chi connectivity index (χ1) is 16.4. The Hall–Kier alpha value is -3.20. The number of hydrogen-bond donors (Lipinski definition) is 1. The van der Waals surface area contributed by atoms with Gasteiger partial charge >= 0.3 is 0 Å². The van der Waals surface area contributed by atoms with E-state index in [9.17, 15) is 14.7 Å². The molecular formula is C32H38O3. The molecule has 0 radical (unpaired) electrons. The maximum Gasteiger partial charge on any atom is 0.167 e. The Balaban J connectivity index is 2.09. The average molecular weight is 471 g/mol. The fourth-order valence-corrected chi connectivity index (χ4v) is 4.58. The zero-order valence-corrected chi connectivity index (χ0v) is 21.9. The van der Waals surface area contributed by atoms with Crippen molar-refractivity contribution in [2.45, 2.75) is 78.1 Å². The summed E-state index contributed by atoms with van der Waals surface area (Å²) in [5, 5.41) is 11.4. The third-order valence-corrected chi connectivity index (χ3v) is 6.40. The zero-order valence-electron chi connectivity index (χ0n) is 21.9. The molecule has 3 heteroatoms. The lowest BCUT2D eigenvalue weighted by Crippen LogP contribution is -2.25. The van der Waals surface area contributed by atoms with Gasteiger partial charge in [0.2, 0.25) is 0 Å². The highest BCUT2D eigenvalue weighted by Crippen LogP contribution is 2.42. The van der Waals surface area contributed by atoms with Gasteiger partial charge in [-0.25, -0.2) is 0 Å². The summed E-state index contributed by atoms with van der Waals surface area (Å²) in [4.78, 5) is 27.3. The smallest absolute Gasteiger partial charge is 0.167 e. The average Bonchev–Trinajstić information content (AvgIpc) is 2.80. The van der Waals surface area contributed by atoms with E-state index in [1.807, 2.05) is 108 Å². The minimum atomic E-state index is -0.497. The number of carbonyl (C=O) groups excluding carboxylic acids is 2. The summed E-state index contributed by atoms with van der Waals surface area (Å²) in [7, 11) is 0. The summed E-state index contributed by atoms with van der Waals surface area (Å²) in [5.41, 5.74) is 3.40. The Morgan fingerprint density at radius 2 is 1.14 bits per heavy atom. The predicted molar refractivity (Wildman–Crippen MR) is 144 cm³/mol. The molecule has 35 heavy (non-hydrogen) atoms. The third kappa shape index (κ3) is 6.48. The van der Waals surface area contributed by atoms with Gasteiger partial charge < -0.3 is 5.11 Å². The number of Topliss-reactive ketones (excluding diaryl/α,β-unsaturated/α-hetero) is 2. The molecule has 0 heterocycles. The Morgan fingerprint density at radius 1 is 0.686 bits per heavy atom. The van der Waals surface area contributed by atoms with E-state index in [2.05, 4.69) is 0 Å². The van der Waals surface area contributed by atoms with Crippen molar-refractivity contribution in [1.82, 2.24) is 0 Å². The van der Waals surface area contributed by atoms with E-state index < -0.39 is 10.8 Å². The third-order valence-electron chi connectivity index (χ3n) is 6.40. The van der Waals surface area contributed by atoms with Crippen LogP contribution in [0.4, 0.5) is 0 Å². The lowest BCUT2D eigenvalue weighted by atomic mass is 9.73. The summed E-state index contributed by atoms with van der Waals surface area (Å²) in [6.07, 6.45) is 1.83. The van der Waals surface area contributed by atoms with Crippen LogP contribution in [0.2, 0.25) is 0 Å². The van der Waals surface area contributed by atoms with E-state index >= 15 is 0 Å². The van der Waals surface area contributed by atoms with Gasteiger partial charge in [-0.3, -0.25) is 9.59 Å². The number of hydrogen-bond acceptors (Lipinski definition) is 3. The highest BCUT2D eigenvalue weighted by molar-refractivity contribution is 6.06. The number of aryl methyl sites for hydroxylation is 2. The highest BCUT2D eigenvalue weighted by Gasteiger charge is 2.34. The standard InChI is InChI=1S/C32H38O3/c1-31(2,3)25-21-24(26(33)19-17-22-13-9-7-10-14-22)29(32(4,5)6)28(30(25)35)27(34)20-18-23-15-11-8-12-16-23/h7-16,21,35H,17-20H2,1-6H3. The monoisotopic (exact) mass is 470 g/mol. The van der Waals surface area contributed by atoms with Crippen LogP contribution < -0.4 is 0 Å². The van der Waals surface area contributed by atoms with Gasteiger partial charge in [0.25, 0.3) is 0 Å². The number of aromatic hydroxyl groups is 1. The van der Waals surface area contributed by atoms with Crippen LogP contribution in [-0.4, -0.2) is 16.7 Å². The molecule has 0 fully saturated rings. The molecule has 0 unspecified atom stereocenters. The molecule has 0 atom stereocenters. The van der Waals surface area contributed by atoms with Crippen LogP contribution in [0.15, 0.2) is 66.7 Å². The largest absolute Gasteiger partial charge is 0.507 e. The van der Waals surface area contributed by atoms with Crippen molar-refractivity contribution in [3.63, 3.8) is 0 Å². The summed E-state index contributed by atoms with van der Waals surface area (Å²) < 4.78 is 0. The molecule has 0 aromatic heterocycles. The SMILES string of the molecule is CC(C)(C)c1cc(C(=O)CCc2ccccc2)c(C(C)(C)C)c(C(=O)CCc2ccccc2)c1O. The Labute approximate surface area is 210 Å². The van der Waals surface area contributed by atoms with Crippen molar-refractivity contribution in [3.8, 4) is 5.75 Å². The van der Waals surface area contributed by atoms with Crippen LogP contribution in [0.25, 0.3) is 0 Å². The lowest BCUT2D eigenvalue weighted by molar-refractivity contribution is 0.0976. The number of rotatable bonds is 8. The van der Waals surface area contributed by atoms with Gasteiger partial charge in [0.05, 0.1) is 5.56 Å². The maximum absolute atomic E-state index is 13.7. The second-order valence-corrected chi connectivity index (χ2v) is 11.4. The van der Waals surface area contributed by atoms with Crippen molar-refractivity contribution >= 4 is 11.6 Å². The quantitative estimate of drug-likeness (QED) is 0.345. The molecule has 0 spiro atoms. The molecule has 0 saturated heterocycles. The van der Waals surface area contributed by atoms with Gasteiger partial charge in [0.1, 0.15) is 5.75 Å². The molecule has 0 saturated carbocycles. The van der Waals surface area contributed by atoms with E-state index in [1.165, 1.54) is 0 Å². The van der Waals surface area contributed by atoms with Gasteiger partial charge in [-0.15, -0.1) is 0 Å². The fourth-order valence-electron chi connectivity index (χ4n) is 4.58. The molecule has 0 aliphatic heterocycles. The van der Waals surface area contributed by atoms with Crippen molar-refractivity contribution in [3.05, 3.63) is 100 Å². The molecule has 1 N–H and O–H groups in total. The first-order valence-corrected chi connectivity index (χ1v) is 12.4. The number of benzene rings is 3. The second kappa shape index (κ2) is 10.6. The lowest BCUT2D eigenvalue weighted by Gasteiger charge is -2.30. The molecule has 0 aliphatic rings. The van der Waals surface area contributed by atoms with Gasteiger partial charge in [0, 0.05) is 24.0 Å². The summed E-state index contributed by atoms with van der Waals surface area (Å²) in [6, 6.07) is 21.7. The van der Waals surface area contributed by atoms with E-state index in [4.69, 9.17) is 0 Å². The molecular weight excluding hydrogens is 432 g/mol. The minimum absolute atomic E-state index is 0.00128. The van der Waals surface area contributed by atoms with E-state index in [0.717, 1.165) is 11.1 Å². The first-order valence-electron chi connectivity index (χ1n) is 12.4. The number of carbonyl (C=O) groups is 2. The number of ketones is 2. The van der Waals surface area contributed by atoms with Crippen LogP contribution in [-0.2, 0) is 23.7 Å². The highest BCUT2D eigenvalue weighted by atomic mass is 16.3. The molecule has 3 rings (SSSR count). The molecule has 184 valence electrons. The fraction of sp³-hybridized carbons (Fsp3) is 0.375.